The van der Waals surface area contributed by atoms with Crippen molar-refractivity contribution in [2.75, 3.05) is 19.0 Å². The molecule has 0 aliphatic rings. The van der Waals surface area contributed by atoms with E-state index in [2.05, 4.69) is 23.2 Å². The number of hydrogen-bond donors (Lipinski definition) is 0. The second kappa shape index (κ2) is 8.27. The summed E-state index contributed by atoms with van der Waals surface area (Å²) in [6, 6.07) is 21.6. The Morgan fingerprint density at radius 1 is 1.03 bits per heavy atom. The van der Waals surface area contributed by atoms with Crippen molar-refractivity contribution >= 4 is 28.9 Å². The van der Waals surface area contributed by atoms with Crippen molar-refractivity contribution < 1.29 is 9.22 Å². The van der Waals surface area contributed by atoms with Crippen molar-refractivity contribution in [2.45, 2.75) is 0 Å². The van der Waals surface area contributed by atoms with Crippen LogP contribution in [0.25, 0.3) is 22.2 Å². The minimum Gasteiger partial charge on any atom is -0.378 e. The van der Waals surface area contributed by atoms with Gasteiger partial charge in [-0.15, -0.1) is 0 Å². The molecule has 0 bridgehead atoms. The third-order valence-corrected chi connectivity index (χ3v) is 5.00. The summed E-state index contributed by atoms with van der Waals surface area (Å²) < 4.78 is 6.92. The van der Waals surface area contributed by atoms with Crippen LogP contribution < -0.4 is 9.79 Å². The first kappa shape index (κ1) is 18.9. The number of para-hydroxylation sites is 1. The molecule has 144 valence electrons. The molecule has 2 aromatic carbocycles. The molecular formula is C22H18N4O2S. The summed E-state index contributed by atoms with van der Waals surface area (Å²) in [5.74, 6) is 0.591. The first-order valence-electron chi connectivity index (χ1n) is 8.91. The number of hydrogen-bond acceptors (Lipinski definition) is 6. The fourth-order valence-corrected chi connectivity index (χ4v) is 3.44. The van der Waals surface area contributed by atoms with Gasteiger partial charge in [-0.25, -0.2) is 8.96 Å². The largest absolute Gasteiger partial charge is 0.378 e. The van der Waals surface area contributed by atoms with Crippen LogP contribution in [-0.2, 0) is 4.33 Å². The molecular weight excluding hydrogens is 384 g/mol. The second-order valence-corrected chi connectivity index (χ2v) is 7.23. The third-order valence-electron chi connectivity index (χ3n) is 4.43. The molecule has 0 unspecified atom stereocenters. The Hall–Kier alpha value is -3.47. The van der Waals surface area contributed by atoms with E-state index in [9.17, 15) is 5.26 Å². The normalized spacial score (nSPS) is 10.7. The van der Waals surface area contributed by atoms with Gasteiger partial charge in [-0.2, -0.15) is 5.26 Å². The second-order valence-electron chi connectivity index (χ2n) is 6.56. The van der Waals surface area contributed by atoms with Gasteiger partial charge in [0.2, 0.25) is 0 Å². The third kappa shape index (κ3) is 4.04. The summed E-state index contributed by atoms with van der Waals surface area (Å²) in [7, 11) is 4.01. The van der Waals surface area contributed by atoms with Crippen molar-refractivity contribution in [3.8, 4) is 22.9 Å². The number of nitrogens with zero attached hydrogens (tertiary/aromatic N) is 4. The van der Waals surface area contributed by atoms with Gasteiger partial charge in [0.05, 0.1) is 5.56 Å². The molecule has 2 aromatic heterocycles. The predicted octanol–water partition coefficient (Wildman–Crippen LogP) is 5.06. The quantitative estimate of drug-likeness (QED) is 0.255. The van der Waals surface area contributed by atoms with Crippen LogP contribution in [0.1, 0.15) is 5.56 Å². The topological polar surface area (TPSA) is 63.3 Å². The lowest BCUT2D eigenvalue weighted by Gasteiger charge is -2.12. The number of aromatic nitrogens is 2. The Balaban J connectivity index is 1.59. The molecule has 4 aromatic rings. The fourth-order valence-electron chi connectivity index (χ4n) is 2.90. The van der Waals surface area contributed by atoms with E-state index in [0.717, 1.165) is 34.4 Å². The molecule has 0 spiro atoms. The summed E-state index contributed by atoms with van der Waals surface area (Å²) in [4.78, 5) is 11.9. The van der Waals surface area contributed by atoms with E-state index >= 15 is 0 Å². The van der Waals surface area contributed by atoms with E-state index in [0.29, 0.717) is 17.0 Å². The summed E-state index contributed by atoms with van der Waals surface area (Å²) in [6.45, 7) is 0. The van der Waals surface area contributed by atoms with Crippen LogP contribution in [0.15, 0.2) is 73.1 Å². The van der Waals surface area contributed by atoms with Crippen LogP contribution in [0.5, 0.6) is 5.75 Å². The van der Waals surface area contributed by atoms with Crippen LogP contribution in [0.4, 0.5) is 5.69 Å². The predicted molar refractivity (Wildman–Crippen MR) is 115 cm³/mol. The lowest BCUT2D eigenvalue weighted by Crippen LogP contribution is -2.07. The molecule has 0 saturated heterocycles. The number of anilines is 1. The first-order valence-corrected chi connectivity index (χ1v) is 9.61. The number of nitriles is 1. The molecule has 4 rings (SSSR count). The average molecular weight is 402 g/mol. The SMILES string of the molecule is CN(C)c1ccc(-c2cnc3c(c2)c(C#N)cn3SOOc2ccccc2)cc1. The zero-order chi connectivity index (χ0) is 20.2. The smallest absolute Gasteiger partial charge is 0.170 e. The van der Waals surface area contributed by atoms with Gasteiger partial charge < -0.3 is 9.79 Å². The summed E-state index contributed by atoms with van der Waals surface area (Å²) in [5.41, 5.74) is 4.27. The molecule has 0 atom stereocenters. The number of pyridine rings is 1. The molecule has 0 fully saturated rings. The molecule has 6 nitrogen and oxygen atoms in total. The first-order chi connectivity index (χ1) is 14.2. The Kier molecular flexibility index (Phi) is 5.38. The van der Waals surface area contributed by atoms with Crippen molar-refractivity contribution in [2.24, 2.45) is 0 Å². The van der Waals surface area contributed by atoms with Crippen LogP contribution in [0.2, 0.25) is 0 Å². The lowest BCUT2D eigenvalue weighted by atomic mass is 10.1. The molecule has 0 amide bonds. The van der Waals surface area contributed by atoms with Gasteiger partial charge in [-0.3, -0.25) is 0 Å². The van der Waals surface area contributed by atoms with Crippen LogP contribution in [0, 0.1) is 11.3 Å². The van der Waals surface area contributed by atoms with Crippen molar-refractivity contribution in [1.29, 1.82) is 5.26 Å². The zero-order valence-electron chi connectivity index (χ0n) is 15.9. The van der Waals surface area contributed by atoms with E-state index in [1.807, 2.05) is 55.4 Å². The Bertz CT molecular complexity index is 1170. The van der Waals surface area contributed by atoms with E-state index in [-0.39, 0.29) is 0 Å². The minimum atomic E-state index is 0.523. The van der Waals surface area contributed by atoms with Gasteiger partial charge in [0, 0.05) is 43.1 Å². The molecule has 2 heterocycles. The van der Waals surface area contributed by atoms with Crippen molar-refractivity contribution in [3.63, 3.8) is 0 Å². The highest BCUT2D eigenvalue weighted by molar-refractivity contribution is 7.93. The lowest BCUT2D eigenvalue weighted by molar-refractivity contribution is -0.0785. The number of fused-ring (bicyclic) bond motifs is 1. The van der Waals surface area contributed by atoms with E-state index in [1.54, 1.807) is 28.5 Å². The molecule has 0 N–H and O–H groups in total. The minimum absolute atomic E-state index is 0.523. The molecule has 0 saturated carbocycles. The summed E-state index contributed by atoms with van der Waals surface area (Å²) in [6.07, 6.45) is 3.48. The maximum atomic E-state index is 9.53. The van der Waals surface area contributed by atoms with Gasteiger partial charge in [-0.1, -0.05) is 34.7 Å². The highest BCUT2D eigenvalue weighted by Gasteiger charge is 2.13. The number of benzene rings is 2. The Morgan fingerprint density at radius 3 is 2.48 bits per heavy atom. The Morgan fingerprint density at radius 2 is 1.79 bits per heavy atom. The monoisotopic (exact) mass is 402 g/mol. The zero-order valence-corrected chi connectivity index (χ0v) is 16.8. The highest BCUT2D eigenvalue weighted by Crippen LogP contribution is 2.29. The maximum Gasteiger partial charge on any atom is 0.170 e. The van der Waals surface area contributed by atoms with Gasteiger partial charge in [0.15, 0.2) is 23.6 Å². The van der Waals surface area contributed by atoms with E-state index in [4.69, 9.17) is 9.22 Å². The van der Waals surface area contributed by atoms with Crippen molar-refractivity contribution in [3.05, 3.63) is 78.6 Å². The summed E-state index contributed by atoms with van der Waals surface area (Å²) >= 11 is 0.963. The number of rotatable bonds is 6. The average Bonchev–Trinajstić information content (AvgIpc) is 3.11. The van der Waals surface area contributed by atoms with Gasteiger partial charge in [0.1, 0.15) is 6.07 Å². The van der Waals surface area contributed by atoms with E-state index < -0.39 is 0 Å². The standard InChI is InChI=1S/C22H18N4O2S/c1-25(2)19-10-8-16(9-11-19)17-12-21-18(13-23)15-26(22(21)24-14-17)29-28-27-20-6-4-3-5-7-20/h3-12,14-15H,1-2H3. The van der Waals surface area contributed by atoms with Crippen molar-refractivity contribution in [1.82, 2.24) is 8.96 Å². The molecule has 0 aliphatic carbocycles. The Labute approximate surface area is 173 Å². The van der Waals surface area contributed by atoms with Crippen LogP contribution >= 0.6 is 12.2 Å². The molecule has 0 radical (unpaired) electrons. The van der Waals surface area contributed by atoms with Gasteiger partial charge in [0.25, 0.3) is 0 Å². The highest BCUT2D eigenvalue weighted by atomic mass is 32.2. The maximum absolute atomic E-state index is 9.53. The molecule has 0 aliphatic heterocycles. The fraction of sp³-hybridized carbons (Fsp3) is 0.0909. The molecule has 29 heavy (non-hydrogen) atoms. The van der Waals surface area contributed by atoms with Crippen LogP contribution in [-0.4, -0.2) is 23.1 Å². The van der Waals surface area contributed by atoms with Gasteiger partial charge in [-0.05, 0) is 35.9 Å². The van der Waals surface area contributed by atoms with E-state index in [1.165, 1.54) is 0 Å². The van der Waals surface area contributed by atoms with Crippen LogP contribution in [0.3, 0.4) is 0 Å². The molecule has 7 heteroatoms. The van der Waals surface area contributed by atoms with Gasteiger partial charge >= 0.3 is 0 Å². The summed E-state index contributed by atoms with van der Waals surface area (Å²) in [5, 5.41) is 10.3.